The van der Waals surface area contributed by atoms with Gasteiger partial charge in [-0.25, -0.2) is 9.48 Å². The summed E-state index contributed by atoms with van der Waals surface area (Å²) in [6, 6.07) is 9.75. The molecule has 1 aliphatic rings. The van der Waals surface area contributed by atoms with Gasteiger partial charge in [-0.2, -0.15) is 0 Å². The molecule has 7 nitrogen and oxygen atoms in total. The molecular formula is C16H21N5O2S. The van der Waals surface area contributed by atoms with Gasteiger partial charge in [0.15, 0.2) is 0 Å². The first-order valence-corrected chi connectivity index (χ1v) is 9.01. The minimum Gasteiger partial charge on any atom is -0.445 e. The summed E-state index contributed by atoms with van der Waals surface area (Å²) >= 11 is 1.63. The normalized spacial score (nSPS) is 17.7. The number of carbonyl (C=O) groups excluding carboxylic acids is 1. The highest BCUT2D eigenvalue weighted by Gasteiger charge is 2.25. The predicted molar refractivity (Wildman–Crippen MR) is 90.4 cm³/mol. The number of hydrogen-bond donors (Lipinski definition) is 0. The van der Waals surface area contributed by atoms with Crippen molar-refractivity contribution >= 4 is 17.9 Å². The molecule has 0 aliphatic carbocycles. The molecule has 1 saturated heterocycles. The summed E-state index contributed by atoms with van der Waals surface area (Å²) in [6.45, 7) is 1.81. The molecule has 1 unspecified atom stereocenters. The largest absolute Gasteiger partial charge is 0.445 e. The molecule has 0 N–H and O–H groups in total. The van der Waals surface area contributed by atoms with Gasteiger partial charge in [0.25, 0.3) is 0 Å². The Labute approximate surface area is 145 Å². The first-order valence-electron chi connectivity index (χ1n) is 8.03. The van der Waals surface area contributed by atoms with E-state index in [1.807, 2.05) is 42.3 Å². The number of aryl methyl sites for hydroxylation is 1. The molecule has 0 radical (unpaired) electrons. The lowest BCUT2D eigenvalue weighted by molar-refractivity contribution is 0.0815. The van der Waals surface area contributed by atoms with Gasteiger partial charge >= 0.3 is 6.09 Å². The maximum Gasteiger partial charge on any atom is 0.410 e. The van der Waals surface area contributed by atoms with E-state index in [9.17, 15) is 4.79 Å². The van der Waals surface area contributed by atoms with Crippen molar-refractivity contribution in [3.63, 3.8) is 0 Å². The minimum absolute atomic E-state index is 0.228. The smallest absolute Gasteiger partial charge is 0.410 e. The number of nitrogens with zero attached hydrogens (tertiary/aromatic N) is 5. The maximum absolute atomic E-state index is 12.3. The number of amides is 1. The topological polar surface area (TPSA) is 73.1 Å². The molecule has 2 heterocycles. The molecule has 0 spiro atoms. The average molecular weight is 347 g/mol. The number of benzene rings is 1. The van der Waals surface area contributed by atoms with Crippen molar-refractivity contribution in [1.82, 2.24) is 25.1 Å². The number of thioether (sulfide) groups is 1. The van der Waals surface area contributed by atoms with Crippen molar-refractivity contribution in [1.29, 1.82) is 0 Å². The molecule has 0 bridgehead atoms. The third-order valence-corrected chi connectivity index (χ3v) is 5.25. The zero-order valence-electron chi connectivity index (χ0n) is 13.7. The average Bonchev–Trinajstić information content (AvgIpc) is 3.04. The number of carbonyl (C=O) groups is 1. The predicted octanol–water partition coefficient (Wildman–Crippen LogP) is 2.35. The fraction of sp³-hybridized carbons (Fsp3) is 0.500. The Morgan fingerprint density at radius 3 is 2.96 bits per heavy atom. The number of piperidine rings is 1. The molecule has 1 amide bonds. The summed E-state index contributed by atoms with van der Waals surface area (Å²) in [4.78, 5) is 14.1. The van der Waals surface area contributed by atoms with E-state index in [4.69, 9.17) is 4.74 Å². The van der Waals surface area contributed by atoms with Gasteiger partial charge in [0, 0.05) is 25.9 Å². The highest BCUT2D eigenvalue weighted by molar-refractivity contribution is 7.99. The lowest BCUT2D eigenvalue weighted by Gasteiger charge is -2.31. The zero-order chi connectivity index (χ0) is 16.8. The first kappa shape index (κ1) is 16.8. The van der Waals surface area contributed by atoms with Crippen LogP contribution in [-0.4, -0.2) is 50.0 Å². The standard InChI is InChI=1S/C16H21N5O2S/c1-20-15(17-18-19-20)24-12-14-8-5-9-21(10-14)16(22)23-11-13-6-3-2-4-7-13/h2-4,6-7,14H,5,8-12H2,1H3. The molecule has 1 aromatic carbocycles. The Balaban J connectivity index is 1.46. The van der Waals surface area contributed by atoms with E-state index in [0.717, 1.165) is 42.4 Å². The van der Waals surface area contributed by atoms with Crippen LogP contribution in [0.1, 0.15) is 18.4 Å². The Bertz CT molecular complexity index is 663. The molecule has 24 heavy (non-hydrogen) atoms. The Hall–Kier alpha value is -2.09. The molecule has 1 atom stereocenters. The van der Waals surface area contributed by atoms with E-state index in [0.29, 0.717) is 12.5 Å². The number of hydrogen-bond acceptors (Lipinski definition) is 6. The van der Waals surface area contributed by atoms with E-state index < -0.39 is 0 Å². The van der Waals surface area contributed by atoms with Gasteiger partial charge in [-0.05, 0) is 34.7 Å². The Morgan fingerprint density at radius 1 is 1.38 bits per heavy atom. The monoisotopic (exact) mass is 347 g/mol. The van der Waals surface area contributed by atoms with E-state index in [1.54, 1.807) is 16.4 Å². The van der Waals surface area contributed by atoms with Gasteiger partial charge in [-0.1, -0.05) is 42.1 Å². The van der Waals surface area contributed by atoms with Gasteiger partial charge < -0.3 is 9.64 Å². The van der Waals surface area contributed by atoms with Crippen molar-refractivity contribution in [2.75, 3.05) is 18.8 Å². The third kappa shape index (κ3) is 4.47. The van der Waals surface area contributed by atoms with Crippen molar-refractivity contribution < 1.29 is 9.53 Å². The van der Waals surface area contributed by atoms with Crippen LogP contribution in [0.4, 0.5) is 4.79 Å². The van der Waals surface area contributed by atoms with Crippen molar-refractivity contribution in [2.24, 2.45) is 13.0 Å². The molecule has 128 valence electrons. The van der Waals surface area contributed by atoms with Crippen LogP contribution in [-0.2, 0) is 18.4 Å². The molecule has 1 aromatic heterocycles. The maximum atomic E-state index is 12.3. The van der Waals surface area contributed by atoms with Crippen molar-refractivity contribution in [2.45, 2.75) is 24.6 Å². The minimum atomic E-state index is -0.228. The number of likely N-dealkylation sites (tertiary alicyclic amines) is 1. The molecule has 1 fully saturated rings. The second-order valence-corrected chi connectivity index (χ2v) is 6.88. The van der Waals surface area contributed by atoms with Crippen LogP contribution in [0.3, 0.4) is 0 Å². The van der Waals surface area contributed by atoms with Gasteiger partial charge in [0.05, 0.1) is 0 Å². The van der Waals surface area contributed by atoms with Gasteiger partial charge in [0.1, 0.15) is 6.61 Å². The van der Waals surface area contributed by atoms with E-state index >= 15 is 0 Å². The molecule has 1 aliphatic heterocycles. The fourth-order valence-corrected chi connectivity index (χ4v) is 3.69. The number of ether oxygens (including phenoxy) is 1. The summed E-state index contributed by atoms with van der Waals surface area (Å²) < 4.78 is 7.10. The quantitative estimate of drug-likeness (QED) is 0.773. The lowest BCUT2D eigenvalue weighted by atomic mass is 10.0. The van der Waals surface area contributed by atoms with Crippen LogP contribution in [0.5, 0.6) is 0 Å². The molecule has 0 saturated carbocycles. The molecule has 3 rings (SSSR count). The summed E-state index contributed by atoms with van der Waals surface area (Å²) in [5.41, 5.74) is 1.00. The number of rotatable bonds is 5. The van der Waals surface area contributed by atoms with Crippen LogP contribution in [0.2, 0.25) is 0 Å². The third-order valence-electron chi connectivity index (χ3n) is 4.01. The van der Waals surface area contributed by atoms with Gasteiger partial charge in [0.2, 0.25) is 5.16 Å². The lowest BCUT2D eigenvalue weighted by Crippen LogP contribution is -2.40. The van der Waals surface area contributed by atoms with Crippen LogP contribution in [0, 0.1) is 5.92 Å². The van der Waals surface area contributed by atoms with Crippen molar-refractivity contribution in [3.8, 4) is 0 Å². The van der Waals surface area contributed by atoms with Gasteiger partial charge in [-0.3, -0.25) is 0 Å². The number of tetrazole rings is 1. The molecule has 2 aromatic rings. The van der Waals surface area contributed by atoms with Gasteiger partial charge in [-0.15, -0.1) is 5.10 Å². The van der Waals surface area contributed by atoms with Crippen LogP contribution in [0.15, 0.2) is 35.5 Å². The molecular weight excluding hydrogens is 326 g/mol. The van der Waals surface area contributed by atoms with Crippen LogP contribution < -0.4 is 0 Å². The van der Waals surface area contributed by atoms with E-state index in [1.165, 1.54) is 0 Å². The zero-order valence-corrected chi connectivity index (χ0v) is 14.5. The fourth-order valence-electron chi connectivity index (χ4n) is 2.71. The second-order valence-electron chi connectivity index (χ2n) is 5.89. The Kier molecular flexibility index (Phi) is 5.68. The highest BCUT2D eigenvalue weighted by Crippen LogP contribution is 2.24. The SMILES string of the molecule is Cn1nnnc1SCC1CCCN(C(=O)OCc2ccccc2)C1. The van der Waals surface area contributed by atoms with Crippen LogP contribution >= 0.6 is 11.8 Å². The number of aromatic nitrogens is 4. The van der Waals surface area contributed by atoms with E-state index in [-0.39, 0.29) is 6.09 Å². The summed E-state index contributed by atoms with van der Waals surface area (Å²) in [7, 11) is 1.83. The summed E-state index contributed by atoms with van der Waals surface area (Å²) in [5, 5.41) is 12.2. The Morgan fingerprint density at radius 2 is 2.21 bits per heavy atom. The highest BCUT2D eigenvalue weighted by atomic mass is 32.2. The molecule has 8 heteroatoms. The van der Waals surface area contributed by atoms with E-state index in [2.05, 4.69) is 15.5 Å². The second kappa shape index (κ2) is 8.14. The first-order chi connectivity index (χ1) is 11.7. The summed E-state index contributed by atoms with van der Waals surface area (Å²) in [5.74, 6) is 1.33. The summed E-state index contributed by atoms with van der Waals surface area (Å²) in [6.07, 6.45) is 1.89. The van der Waals surface area contributed by atoms with Crippen LogP contribution in [0.25, 0.3) is 0 Å². The van der Waals surface area contributed by atoms with Crippen molar-refractivity contribution in [3.05, 3.63) is 35.9 Å².